The summed E-state index contributed by atoms with van der Waals surface area (Å²) in [5.41, 5.74) is 2.06. The molecular weight excluding hydrogens is 354 g/mol. The highest BCUT2D eigenvalue weighted by molar-refractivity contribution is 7.89. The van der Waals surface area contributed by atoms with Crippen LogP contribution in [0.2, 0.25) is 0 Å². The second-order valence-corrected chi connectivity index (χ2v) is 8.41. The van der Waals surface area contributed by atoms with Crippen molar-refractivity contribution in [3.8, 4) is 0 Å². The normalized spacial score (nSPS) is 15.0. The standard InChI is InChI=1S/C18H27N3O4S/c1-5-21(6-2)26(24,25)15-10-13(3)14(4)16(11-15)19-17(22)12-20-9-7-8-18(20)23/h10-11H,5-9,12H2,1-4H3,(H,19,22). The van der Waals surface area contributed by atoms with E-state index >= 15 is 0 Å². The predicted octanol–water partition coefficient (Wildman–Crippen LogP) is 1.89. The number of carbonyl (C=O) groups is 2. The Bertz CT molecular complexity index is 801. The van der Waals surface area contributed by atoms with Crippen LogP contribution in [0.5, 0.6) is 0 Å². The zero-order valence-electron chi connectivity index (χ0n) is 15.8. The molecule has 1 heterocycles. The molecule has 0 aliphatic carbocycles. The Hall–Kier alpha value is -1.93. The third-order valence-corrected chi connectivity index (χ3v) is 6.79. The third-order valence-electron chi connectivity index (χ3n) is 4.76. The van der Waals surface area contributed by atoms with E-state index in [1.165, 1.54) is 15.3 Å². The van der Waals surface area contributed by atoms with Crippen LogP contribution in [0.4, 0.5) is 5.69 Å². The average Bonchev–Trinajstić information content (AvgIpc) is 2.97. The molecule has 7 nitrogen and oxygen atoms in total. The fourth-order valence-electron chi connectivity index (χ4n) is 3.05. The van der Waals surface area contributed by atoms with Crippen molar-refractivity contribution in [2.24, 2.45) is 0 Å². The first-order valence-corrected chi connectivity index (χ1v) is 10.3. The summed E-state index contributed by atoms with van der Waals surface area (Å²) in [5, 5.41) is 2.77. The smallest absolute Gasteiger partial charge is 0.244 e. The molecule has 1 N–H and O–H groups in total. The van der Waals surface area contributed by atoms with Crippen molar-refractivity contribution in [1.29, 1.82) is 0 Å². The molecule has 0 saturated carbocycles. The molecule has 1 aliphatic heterocycles. The van der Waals surface area contributed by atoms with Crippen molar-refractivity contribution in [2.75, 3.05) is 31.5 Å². The quantitative estimate of drug-likeness (QED) is 0.781. The monoisotopic (exact) mass is 381 g/mol. The molecule has 0 bridgehead atoms. The van der Waals surface area contributed by atoms with Gasteiger partial charge >= 0.3 is 0 Å². The number of sulfonamides is 1. The first-order valence-electron chi connectivity index (χ1n) is 8.89. The van der Waals surface area contributed by atoms with E-state index in [2.05, 4.69) is 5.32 Å². The maximum absolute atomic E-state index is 12.8. The molecule has 1 aliphatic rings. The molecule has 0 unspecified atom stereocenters. The Balaban J connectivity index is 2.27. The lowest BCUT2D eigenvalue weighted by atomic mass is 10.1. The molecule has 2 amide bonds. The van der Waals surface area contributed by atoms with Gasteiger partial charge in [0.1, 0.15) is 0 Å². The number of carbonyl (C=O) groups excluding carboxylic acids is 2. The Kier molecular flexibility index (Phi) is 6.41. The Morgan fingerprint density at radius 2 is 1.88 bits per heavy atom. The number of anilines is 1. The fourth-order valence-corrected chi connectivity index (χ4v) is 4.62. The van der Waals surface area contributed by atoms with Gasteiger partial charge in [-0.1, -0.05) is 13.8 Å². The van der Waals surface area contributed by atoms with E-state index in [-0.39, 0.29) is 23.3 Å². The van der Waals surface area contributed by atoms with Gasteiger partial charge in [-0.2, -0.15) is 4.31 Å². The summed E-state index contributed by atoms with van der Waals surface area (Å²) in [6, 6.07) is 3.13. The van der Waals surface area contributed by atoms with Crippen LogP contribution >= 0.6 is 0 Å². The maximum Gasteiger partial charge on any atom is 0.244 e. The minimum Gasteiger partial charge on any atom is -0.333 e. The van der Waals surface area contributed by atoms with E-state index in [0.717, 1.165) is 17.5 Å². The maximum atomic E-state index is 12.8. The molecule has 0 aromatic heterocycles. The number of amides is 2. The SMILES string of the molecule is CCN(CC)S(=O)(=O)c1cc(C)c(C)c(NC(=O)CN2CCCC2=O)c1. The van der Waals surface area contributed by atoms with E-state index in [1.807, 2.05) is 13.8 Å². The van der Waals surface area contributed by atoms with Crippen molar-refractivity contribution in [3.63, 3.8) is 0 Å². The van der Waals surface area contributed by atoms with Gasteiger partial charge in [0, 0.05) is 31.7 Å². The summed E-state index contributed by atoms with van der Waals surface area (Å²) in [4.78, 5) is 25.7. The lowest BCUT2D eigenvalue weighted by Gasteiger charge is -2.21. The van der Waals surface area contributed by atoms with Crippen LogP contribution in [-0.2, 0) is 19.6 Å². The Labute approximate surface area is 155 Å². The molecule has 2 rings (SSSR count). The van der Waals surface area contributed by atoms with Gasteiger partial charge in [0.25, 0.3) is 0 Å². The van der Waals surface area contributed by atoms with E-state index in [4.69, 9.17) is 0 Å². The van der Waals surface area contributed by atoms with Crippen molar-refractivity contribution >= 4 is 27.5 Å². The van der Waals surface area contributed by atoms with Crippen LogP contribution in [-0.4, -0.2) is 55.6 Å². The second-order valence-electron chi connectivity index (χ2n) is 6.47. The number of hydrogen-bond donors (Lipinski definition) is 1. The van der Waals surface area contributed by atoms with Crippen LogP contribution in [0.1, 0.15) is 37.8 Å². The van der Waals surface area contributed by atoms with Crippen molar-refractivity contribution in [1.82, 2.24) is 9.21 Å². The van der Waals surface area contributed by atoms with E-state index in [9.17, 15) is 18.0 Å². The number of hydrogen-bond acceptors (Lipinski definition) is 4. The summed E-state index contributed by atoms with van der Waals surface area (Å²) < 4.78 is 26.9. The summed E-state index contributed by atoms with van der Waals surface area (Å²) in [5.74, 6) is -0.342. The number of likely N-dealkylation sites (tertiary alicyclic amines) is 1. The molecule has 0 radical (unpaired) electrons. The van der Waals surface area contributed by atoms with E-state index in [0.29, 0.717) is 31.7 Å². The van der Waals surface area contributed by atoms with Crippen LogP contribution in [0.25, 0.3) is 0 Å². The topological polar surface area (TPSA) is 86.8 Å². The average molecular weight is 381 g/mol. The van der Waals surface area contributed by atoms with Gasteiger partial charge < -0.3 is 10.2 Å². The van der Waals surface area contributed by atoms with Crippen LogP contribution in [0.15, 0.2) is 17.0 Å². The largest absolute Gasteiger partial charge is 0.333 e. The summed E-state index contributed by atoms with van der Waals surface area (Å²) in [7, 11) is -3.61. The number of rotatable bonds is 7. The molecular formula is C18H27N3O4S. The Morgan fingerprint density at radius 3 is 2.42 bits per heavy atom. The zero-order chi connectivity index (χ0) is 19.5. The fraction of sp³-hybridized carbons (Fsp3) is 0.556. The number of benzene rings is 1. The molecule has 8 heteroatoms. The van der Waals surface area contributed by atoms with Crippen LogP contribution < -0.4 is 5.32 Å². The predicted molar refractivity (Wildman–Crippen MR) is 100 cm³/mol. The molecule has 1 fully saturated rings. The van der Waals surface area contributed by atoms with Gasteiger partial charge in [0.05, 0.1) is 11.4 Å². The van der Waals surface area contributed by atoms with Crippen molar-refractivity contribution < 1.29 is 18.0 Å². The molecule has 144 valence electrons. The number of nitrogens with zero attached hydrogens (tertiary/aromatic N) is 2. The minimum absolute atomic E-state index is 0.00958. The van der Waals surface area contributed by atoms with E-state index < -0.39 is 10.0 Å². The van der Waals surface area contributed by atoms with Gasteiger partial charge in [-0.15, -0.1) is 0 Å². The van der Waals surface area contributed by atoms with Crippen LogP contribution in [0.3, 0.4) is 0 Å². The number of nitrogens with one attached hydrogen (secondary N) is 1. The Morgan fingerprint density at radius 1 is 1.23 bits per heavy atom. The molecule has 26 heavy (non-hydrogen) atoms. The third kappa shape index (κ3) is 4.24. The first-order chi connectivity index (χ1) is 12.2. The molecule has 0 spiro atoms. The van der Waals surface area contributed by atoms with Gasteiger partial charge in [0.2, 0.25) is 21.8 Å². The lowest BCUT2D eigenvalue weighted by Crippen LogP contribution is -2.34. The molecule has 1 aromatic carbocycles. The molecule has 0 atom stereocenters. The highest BCUT2D eigenvalue weighted by Gasteiger charge is 2.25. The zero-order valence-corrected chi connectivity index (χ0v) is 16.6. The molecule has 1 aromatic rings. The second kappa shape index (κ2) is 8.18. The lowest BCUT2D eigenvalue weighted by molar-refractivity contribution is -0.131. The highest BCUT2D eigenvalue weighted by Crippen LogP contribution is 2.26. The highest BCUT2D eigenvalue weighted by atomic mass is 32.2. The summed E-state index contributed by atoms with van der Waals surface area (Å²) >= 11 is 0. The van der Waals surface area contributed by atoms with Gasteiger partial charge in [-0.05, 0) is 43.5 Å². The summed E-state index contributed by atoms with van der Waals surface area (Å²) in [6.07, 6.45) is 1.24. The van der Waals surface area contributed by atoms with Gasteiger partial charge in [-0.3, -0.25) is 9.59 Å². The van der Waals surface area contributed by atoms with Crippen molar-refractivity contribution in [3.05, 3.63) is 23.3 Å². The minimum atomic E-state index is -3.61. The van der Waals surface area contributed by atoms with E-state index in [1.54, 1.807) is 19.9 Å². The summed E-state index contributed by atoms with van der Waals surface area (Å²) in [6.45, 7) is 8.56. The first kappa shape index (κ1) is 20.4. The molecule has 1 saturated heterocycles. The van der Waals surface area contributed by atoms with Gasteiger partial charge in [-0.25, -0.2) is 8.42 Å². The number of aryl methyl sites for hydroxylation is 1. The van der Waals surface area contributed by atoms with Crippen LogP contribution in [0, 0.1) is 13.8 Å². The van der Waals surface area contributed by atoms with Gasteiger partial charge in [0.15, 0.2) is 0 Å². The van der Waals surface area contributed by atoms with Crippen molar-refractivity contribution in [2.45, 2.75) is 45.4 Å².